The number of hydrogen-bond acceptors (Lipinski definition) is 4. The van der Waals surface area contributed by atoms with Crippen molar-refractivity contribution in [2.24, 2.45) is 0 Å². The van der Waals surface area contributed by atoms with Crippen molar-refractivity contribution >= 4 is 11.8 Å². The van der Waals surface area contributed by atoms with Crippen molar-refractivity contribution in [1.82, 2.24) is 4.90 Å². The Labute approximate surface area is 92.2 Å². The van der Waals surface area contributed by atoms with Crippen LogP contribution in [0.1, 0.15) is 22.8 Å². The van der Waals surface area contributed by atoms with Crippen LogP contribution in [0.15, 0.2) is 24.3 Å². The van der Waals surface area contributed by atoms with Gasteiger partial charge in [-0.2, -0.15) is 0 Å². The van der Waals surface area contributed by atoms with E-state index in [1.54, 1.807) is 24.3 Å². The zero-order valence-electron chi connectivity index (χ0n) is 8.93. The van der Waals surface area contributed by atoms with Crippen molar-refractivity contribution in [3.8, 4) is 0 Å². The van der Waals surface area contributed by atoms with Gasteiger partial charge in [0.1, 0.15) is 0 Å². The first-order valence-electron chi connectivity index (χ1n) is 4.77. The van der Waals surface area contributed by atoms with Gasteiger partial charge in [0.05, 0.1) is 0 Å². The molecule has 1 aliphatic rings. The number of imide groups is 1. The van der Waals surface area contributed by atoms with Crippen molar-refractivity contribution in [2.45, 2.75) is 12.5 Å². The summed E-state index contributed by atoms with van der Waals surface area (Å²) in [7, 11) is 1.36. The number of benzene rings is 1. The predicted molar refractivity (Wildman–Crippen MR) is 54.6 cm³/mol. The lowest BCUT2D eigenvalue weighted by atomic mass is 9.86. The average molecular weight is 221 g/mol. The third-order valence-corrected chi connectivity index (χ3v) is 2.87. The summed E-state index contributed by atoms with van der Waals surface area (Å²) >= 11 is 0. The quantitative estimate of drug-likeness (QED) is 0.436. The second-order valence-corrected chi connectivity index (χ2v) is 3.84. The molecule has 0 aliphatic carbocycles. The Morgan fingerprint density at radius 1 is 1.31 bits per heavy atom. The molecule has 0 aromatic heterocycles. The van der Waals surface area contributed by atoms with Gasteiger partial charge in [-0.1, -0.05) is 18.2 Å². The molecule has 0 fully saturated rings. The van der Waals surface area contributed by atoms with Crippen molar-refractivity contribution in [1.29, 1.82) is 0 Å². The minimum atomic E-state index is -1.51. The molecule has 2 rings (SSSR count). The molecule has 1 atom stereocenters. The maximum Gasteiger partial charge on any atom is 0.269 e. The molecule has 1 aromatic rings. The summed E-state index contributed by atoms with van der Waals surface area (Å²) in [5, 5.41) is 8.91. The molecule has 1 unspecified atom stereocenters. The van der Waals surface area contributed by atoms with E-state index in [0.717, 1.165) is 4.90 Å². The molecule has 5 heteroatoms. The highest BCUT2D eigenvalue weighted by atomic mass is 17.1. The van der Waals surface area contributed by atoms with Gasteiger partial charge in [0, 0.05) is 18.2 Å². The summed E-state index contributed by atoms with van der Waals surface area (Å²) in [5.74, 6) is -0.978. The Morgan fingerprint density at radius 2 is 1.94 bits per heavy atom. The van der Waals surface area contributed by atoms with E-state index in [4.69, 9.17) is 5.26 Å². The second-order valence-electron chi connectivity index (χ2n) is 3.84. The van der Waals surface area contributed by atoms with E-state index in [9.17, 15) is 9.59 Å². The van der Waals surface area contributed by atoms with Gasteiger partial charge in [-0.25, -0.2) is 4.89 Å². The highest BCUT2D eigenvalue weighted by Gasteiger charge is 2.47. The van der Waals surface area contributed by atoms with Crippen LogP contribution in [0.2, 0.25) is 0 Å². The summed E-state index contributed by atoms with van der Waals surface area (Å²) in [5.41, 5.74) is -0.772. The highest BCUT2D eigenvalue weighted by Crippen LogP contribution is 2.34. The van der Waals surface area contributed by atoms with Crippen molar-refractivity contribution < 1.29 is 19.7 Å². The number of nitrogens with zero attached hydrogens (tertiary/aromatic N) is 1. The first-order valence-corrected chi connectivity index (χ1v) is 4.77. The zero-order chi connectivity index (χ0) is 11.9. The van der Waals surface area contributed by atoms with E-state index < -0.39 is 17.4 Å². The van der Waals surface area contributed by atoms with Gasteiger partial charge < -0.3 is 0 Å². The van der Waals surface area contributed by atoms with Crippen LogP contribution in [0.4, 0.5) is 0 Å². The molecule has 1 aromatic carbocycles. The molecule has 0 spiro atoms. The fourth-order valence-corrected chi connectivity index (χ4v) is 1.88. The maximum absolute atomic E-state index is 11.9. The lowest BCUT2D eigenvalue weighted by Crippen LogP contribution is -2.52. The number of hydrogen-bond donors (Lipinski definition) is 1. The summed E-state index contributed by atoms with van der Waals surface area (Å²) in [6, 6.07) is 6.56. The fraction of sp³-hybridized carbons (Fsp3) is 0.273. The Bertz CT molecular complexity index is 471. The molecule has 84 valence electrons. The normalized spacial score (nSPS) is 24.6. The van der Waals surface area contributed by atoms with E-state index in [1.165, 1.54) is 14.0 Å². The van der Waals surface area contributed by atoms with E-state index in [2.05, 4.69) is 4.89 Å². The summed E-state index contributed by atoms with van der Waals surface area (Å²) in [6.07, 6.45) is 0. The van der Waals surface area contributed by atoms with Crippen LogP contribution in [0.5, 0.6) is 0 Å². The standard InChI is InChI=1S/C11H11NO4/c1-11(16-15)8-6-4-3-5-7(8)9(13)12(2)10(11)14/h3-6,15H,1-2H3. The molecule has 1 N–H and O–H groups in total. The third kappa shape index (κ3) is 1.19. The molecule has 16 heavy (non-hydrogen) atoms. The smallest absolute Gasteiger partial charge is 0.269 e. The zero-order valence-corrected chi connectivity index (χ0v) is 8.93. The molecule has 1 heterocycles. The minimum Gasteiger partial charge on any atom is -0.279 e. The molecule has 0 radical (unpaired) electrons. The number of carbonyl (C=O) groups excluding carboxylic acids is 2. The van der Waals surface area contributed by atoms with E-state index in [1.807, 2.05) is 0 Å². The monoisotopic (exact) mass is 221 g/mol. The fourth-order valence-electron chi connectivity index (χ4n) is 1.88. The summed E-state index contributed by atoms with van der Waals surface area (Å²) in [6.45, 7) is 1.43. The molecule has 0 bridgehead atoms. The third-order valence-electron chi connectivity index (χ3n) is 2.87. The first kappa shape index (κ1) is 10.8. The van der Waals surface area contributed by atoms with Crippen LogP contribution in [0.3, 0.4) is 0 Å². The van der Waals surface area contributed by atoms with Gasteiger partial charge in [-0.3, -0.25) is 19.7 Å². The van der Waals surface area contributed by atoms with Gasteiger partial charge in [-0.05, 0) is 13.0 Å². The first-order chi connectivity index (χ1) is 7.52. The minimum absolute atomic E-state index is 0.362. The van der Waals surface area contributed by atoms with Crippen LogP contribution in [0, 0.1) is 0 Å². The maximum atomic E-state index is 11.9. The summed E-state index contributed by atoms with van der Waals surface area (Å²) in [4.78, 5) is 28.9. The van der Waals surface area contributed by atoms with Crippen LogP contribution in [-0.4, -0.2) is 29.0 Å². The predicted octanol–water partition coefficient (Wildman–Crippen LogP) is 1.00. The van der Waals surface area contributed by atoms with Crippen molar-refractivity contribution in [2.75, 3.05) is 7.05 Å². The van der Waals surface area contributed by atoms with Gasteiger partial charge in [0.15, 0.2) is 0 Å². The lowest BCUT2D eigenvalue weighted by molar-refractivity contribution is -0.314. The van der Waals surface area contributed by atoms with Crippen LogP contribution in [-0.2, 0) is 15.3 Å². The van der Waals surface area contributed by atoms with Crippen LogP contribution >= 0.6 is 0 Å². The molecular formula is C11H11NO4. The Morgan fingerprint density at radius 3 is 2.56 bits per heavy atom. The molecule has 0 saturated heterocycles. The molecular weight excluding hydrogens is 210 g/mol. The van der Waals surface area contributed by atoms with Crippen molar-refractivity contribution in [3.05, 3.63) is 35.4 Å². The number of rotatable bonds is 1. The van der Waals surface area contributed by atoms with Crippen LogP contribution in [0.25, 0.3) is 0 Å². The van der Waals surface area contributed by atoms with Crippen molar-refractivity contribution in [3.63, 3.8) is 0 Å². The molecule has 2 amide bonds. The number of fused-ring (bicyclic) bond motifs is 1. The topological polar surface area (TPSA) is 66.8 Å². The number of amides is 2. The number of carbonyl (C=O) groups is 2. The Kier molecular flexibility index (Phi) is 2.29. The molecule has 5 nitrogen and oxygen atoms in total. The van der Waals surface area contributed by atoms with Crippen LogP contribution < -0.4 is 0 Å². The lowest BCUT2D eigenvalue weighted by Gasteiger charge is -2.35. The SMILES string of the molecule is CN1C(=O)c2ccccc2C(C)(OO)C1=O. The highest BCUT2D eigenvalue weighted by molar-refractivity contribution is 6.12. The average Bonchev–Trinajstić information content (AvgIpc) is 2.33. The van der Waals surface area contributed by atoms with Gasteiger partial charge in [0.25, 0.3) is 11.8 Å². The van der Waals surface area contributed by atoms with E-state index in [0.29, 0.717) is 11.1 Å². The van der Waals surface area contributed by atoms with Gasteiger partial charge >= 0.3 is 0 Å². The summed E-state index contributed by atoms with van der Waals surface area (Å²) < 4.78 is 0. The van der Waals surface area contributed by atoms with E-state index in [-0.39, 0.29) is 0 Å². The largest absolute Gasteiger partial charge is 0.279 e. The number of likely N-dealkylation sites (N-methyl/N-ethyl adjacent to an activating group) is 1. The Balaban J connectivity index is 2.71. The molecule has 0 saturated carbocycles. The molecule has 1 aliphatic heterocycles. The van der Waals surface area contributed by atoms with Gasteiger partial charge in [-0.15, -0.1) is 0 Å². The van der Waals surface area contributed by atoms with Gasteiger partial charge in [0.2, 0.25) is 5.60 Å². The van der Waals surface area contributed by atoms with E-state index >= 15 is 0 Å². The second kappa shape index (κ2) is 3.40. The Hall–Kier alpha value is -1.72.